The smallest absolute Gasteiger partial charge is 0.195 e. The fraction of sp³-hybridized carbons (Fsp3) is 0.462. The second-order valence-electron chi connectivity index (χ2n) is 4.46. The summed E-state index contributed by atoms with van der Waals surface area (Å²) in [7, 11) is 7.92. The summed E-state index contributed by atoms with van der Waals surface area (Å²) < 4.78 is 0. The monoisotopic (exact) mass is 287 g/mol. The van der Waals surface area contributed by atoms with E-state index in [-0.39, 0.29) is 0 Å². The third-order valence-corrected chi connectivity index (χ3v) is 3.04. The lowest BCUT2D eigenvalue weighted by atomic mass is 10.1. The van der Waals surface area contributed by atoms with Gasteiger partial charge in [0.15, 0.2) is 5.96 Å². The molecule has 0 spiro atoms. The molecule has 0 amide bonds. The first kappa shape index (κ1) is 15.1. The molecule has 3 nitrogen and oxygen atoms in total. The first-order valence-electron chi connectivity index (χ1n) is 5.75. The van der Waals surface area contributed by atoms with E-state index in [9.17, 15) is 0 Å². The average Bonchev–Trinajstić information content (AvgIpc) is 2.25. The highest BCUT2D eigenvalue weighted by Crippen LogP contribution is 2.21. The molecule has 0 aliphatic heterocycles. The van der Waals surface area contributed by atoms with E-state index in [4.69, 9.17) is 23.2 Å². The van der Waals surface area contributed by atoms with Crippen LogP contribution in [0.25, 0.3) is 0 Å². The summed E-state index contributed by atoms with van der Waals surface area (Å²) in [5.74, 6) is 0.945. The minimum Gasteiger partial charge on any atom is -0.349 e. The molecule has 0 aromatic heterocycles. The highest BCUT2D eigenvalue weighted by molar-refractivity contribution is 6.35. The van der Waals surface area contributed by atoms with Crippen molar-refractivity contribution in [1.82, 2.24) is 9.80 Å². The third-order valence-electron chi connectivity index (χ3n) is 2.45. The highest BCUT2D eigenvalue weighted by Gasteiger charge is 2.05. The van der Waals surface area contributed by atoms with Crippen molar-refractivity contribution in [3.63, 3.8) is 0 Å². The van der Waals surface area contributed by atoms with Gasteiger partial charge in [0, 0.05) is 44.8 Å². The number of benzene rings is 1. The van der Waals surface area contributed by atoms with Crippen LogP contribution in [0.4, 0.5) is 0 Å². The van der Waals surface area contributed by atoms with Crippen LogP contribution in [0, 0.1) is 0 Å². The van der Waals surface area contributed by atoms with Gasteiger partial charge in [-0.3, -0.25) is 4.99 Å². The Morgan fingerprint density at radius 3 is 2.22 bits per heavy atom. The quantitative estimate of drug-likeness (QED) is 0.629. The van der Waals surface area contributed by atoms with Crippen LogP contribution in [0.2, 0.25) is 10.0 Å². The van der Waals surface area contributed by atoms with Crippen LogP contribution >= 0.6 is 23.2 Å². The van der Waals surface area contributed by atoms with Crippen molar-refractivity contribution < 1.29 is 0 Å². The molecule has 1 rings (SSSR count). The Kier molecular flexibility index (Phi) is 5.76. The van der Waals surface area contributed by atoms with Crippen molar-refractivity contribution in [3.05, 3.63) is 33.8 Å². The maximum atomic E-state index is 6.12. The zero-order valence-corrected chi connectivity index (χ0v) is 12.8. The van der Waals surface area contributed by atoms with Gasteiger partial charge in [0.1, 0.15) is 0 Å². The number of hydrogen-bond acceptors (Lipinski definition) is 1. The molecule has 1 aromatic carbocycles. The van der Waals surface area contributed by atoms with E-state index < -0.39 is 0 Å². The number of guanidine groups is 1. The van der Waals surface area contributed by atoms with Crippen LogP contribution in [0.1, 0.15) is 5.56 Å². The van der Waals surface area contributed by atoms with E-state index in [2.05, 4.69) is 4.99 Å². The molecule has 0 saturated heterocycles. The van der Waals surface area contributed by atoms with Crippen molar-refractivity contribution in [3.8, 4) is 0 Å². The predicted octanol–water partition coefficient (Wildman–Crippen LogP) is 3.02. The Balaban J connectivity index is 2.67. The van der Waals surface area contributed by atoms with Gasteiger partial charge in [-0.05, 0) is 24.1 Å². The number of halogens is 2. The Labute approximate surface area is 119 Å². The molecule has 1 aromatic rings. The van der Waals surface area contributed by atoms with Gasteiger partial charge in [-0.2, -0.15) is 0 Å². The van der Waals surface area contributed by atoms with E-state index in [0.29, 0.717) is 16.6 Å². The molecule has 0 saturated carbocycles. The van der Waals surface area contributed by atoms with Crippen molar-refractivity contribution in [1.29, 1.82) is 0 Å². The molecular formula is C13H19Cl2N3. The fourth-order valence-corrected chi connectivity index (χ4v) is 2.19. The molecule has 0 heterocycles. The lowest BCUT2D eigenvalue weighted by Crippen LogP contribution is -2.35. The van der Waals surface area contributed by atoms with E-state index in [1.165, 1.54) is 0 Å². The minimum atomic E-state index is 0.662. The second kappa shape index (κ2) is 6.86. The Morgan fingerprint density at radius 1 is 1.11 bits per heavy atom. The molecule has 0 aliphatic carbocycles. The molecule has 0 aliphatic rings. The molecule has 0 atom stereocenters. The van der Waals surface area contributed by atoms with Crippen molar-refractivity contribution in [2.45, 2.75) is 6.42 Å². The van der Waals surface area contributed by atoms with Crippen LogP contribution in [-0.4, -0.2) is 50.5 Å². The van der Waals surface area contributed by atoms with Crippen LogP contribution in [0.15, 0.2) is 23.2 Å². The van der Waals surface area contributed by atoms with Gasteiger partial charge in [0.25, 0.3) is 0 Å². The topological polar surface area (TPSA) is 18.8 Å². The minimum absolute atomic E-state index is 0.662. The lowest BCUT2D eigenvalue weighted by Gasteiger charge is -2.22. The number of rotatable bonds is 3. The van der Waals surface area contributed by atoms with Crippen LogP contribution < -0.4 is 0 Å². The van der Waals surface area contributed by atoms with Gasteiger partial charge in [0.05, 0.1) is 0 Å². The van der Waals surface area contributed by atoms with Gasteiger partial charge < -0.3 is 9.80 Å². The summed E-state index contributed by atoms with van der Waals surface area (Å²) in [6, 6.07) is 5.57. The highest BCUT2D eigenvalue weighted by atomic mass is 35.5. The molecule has 0 unspecified atom stereocenters. The summed E-state index contributed by atoms with van der Waals surface area (Å²) in [5.41, 5.74) is 1.07. The average molecular weight is 288 g/mol. The summed E-state index contributed by atoms with van der Waals surface area (Å²) in [6.07, 6.45) is 0.807. The first-order chi connectivity index (χ1) is 8.41. The molecule has 18 heavy (non-hydrogen) atoms. The van der Waals surface area contributed by atoms with Crippen molar-refractivity contribution in [2.75, 3.05) is 34.7 Å². The molecule has 0 N–H and O–H groups in total. The molecule has 100 valence electrons. The molecule has 0 fully saturated rings. The van der Waals surface area contributed by atoms with Crippen molar-refractivity contribution >= 4 is 29.2 Å². The molecule has 5 heteroatoms. The predicted molar refractivity (Wildman–Crippen MR) is 79.8 cm³/mol. The van der Waals surface area contributed by atoms with Crippen LogP contribution in [-0.2, 0) is 6.42 Å². The largest absolute Gasteiger partial charge is 0.349 e. The standard InChI is InChI=1S/C13H19Cl2N3/c1-17(2)13(18(3)4)16-8-7-10-5-6-11(14)9-12(10)15/h5-6,9H,7-8H2,1-4H3. The third kappa shape index (κ3) is 4.39. The summed E-state index contributed by atoms with van der Waals surface area (Å²) in [6.45, 7) is 0.701. The van der Waals surface area contributed by atoms with E-state index in [0.717, 1.165) is 17.9 Å². The molecule has 0 radical (unpaired) electrons. The van der Waals surface area contributed by atoms with Gasteiger partial charge in [-0.25, -0.2) is 0 Å². The molecule has 0 bridgehead atoms. The van der Waals surface area contributed by atoms with Crippen LogP contribution in [0.5, 0.6) is 0 Å². The van der Waals surface area contributed by atoms with Crippen molar-refractivity contribution in [2.24, 2.45) is 4.99 Å². The van der Waals surface area contributed by atoms with Gasteiger partial charge in [0.2, 0.25) is 0 Å². The van der Waals surface area contributed by atoms with E-state index in [1.54, 1.807) is 6.07 Å². The maximum absolute atomic E-state index is 6.12. The Hall–Kier alpha value is -0.930. The first-order valence-corrected chi connectivity index (χ1v) is 6.50. The number of hydrogen-bond donors (Lipinski definition) is 0. The second-order valence-corrected chi connectivity index (χ2v) is 5.30. The maximum Gasteiger partial charge on any atom is 0.195 e. The van der Waals surface area contributed by atoms with Gasteiger partial charge in [-0.15, -0.1) is 0 Å². The zero-order chi connectivity index (χ0) is 13.7. The summed E-state index contributed by atoms with van der Waals surface area (Å²) in [4.78, 5) is 8.54. The van der Waals surface area contributed by atoms with E-state index >= 15 is 0 Å². The lowest BCUT2D eigenvalue weighted by molar-refractivity contribution is 0.479. The molecular weight excluding hydrogens is 269 g/mol. The van der Waals surface area contributed by atoms with E-state index in [1.807, 2.05) is 50.1 Å². The number of nitrogens with zero attached hydrogens (tertiary/aromatic N) is 3. The summed E-state index contributed by atoms with van der Waals surface area (Å²) in [5, 5.41) is 1.36. The summed E-state index contributed by atoms with van der Waals surface area (Å²) >= 11 is 12.0. The zero-order valence-electron chi connectivity index (χ0n) is 11.2. The van der Waals surface area contributed by atoms with Gasteiger partial charge >= 0.3 is 0 Å². The normalized spacial score (nSPS) is 10.1. The Bertz CT molecular complexity index is 418. The Morgan fingerprint density at radius 2 is 1.72 bits per heavy atom. The number of aliphatic imine (C=N–C) groups is 1. The van der Waals surface area contributed by atoms with Gasteiger partial charge in [-0.1, -0.05) is 29.3 Å². The SMILES string of the molecule is CN(C)C(=NCCc1ccc(Cl)cc1Cl)N(C)C. The fourth-order valence-electron chi connectivity index (χ4n) is 1.68. The van der Waals surface area contributed by atoms with Crippen LogP contribution in [0.3, 0.4) is 0 Å².